The fourth-order valence-electron chi connectivity index (χ4n) is 5.92. The maximum atomic E-state index is 12.8. The van der Waals surface area contributed by atoms with Crippen molar-refractivity contribution in [1.82, 2.24) is 4.90 Å². The molecule has 5 saturated carbocycles. The molecule has 5 aliphatic rings. The lowest BCUT2D eigenvalue weighted by molar-refractivity contribution is -0.139. The van der Waals surface area contributed by atoms with E-state index in [0.717, 1.165) is 36.6 Å². The molecule has 5 aliphatic carbocycles. The summed E-state index contributed by atoms with van der Waals surface area (Å²) in [7, 11) is 0. The minimum atomic E-state index is 0.349. The summed E-state index contributed by atoms with van der Waals surface area (Å²) in [4.78, 5) is 14.8. The summed E-state index contributed by atoms with van der Waals surface area (Å²) >= 11 is 0. The molecule has 0 saturated heterocycles. The number of amides is 1. The van der Waals surface area contributed by atoms with Gasteiger partial charge >= 0.3 is 0 Å². The van der Waals surface area contributed by atoms with Crippen LogP contribution < -0.4 is 0 Å². The zero-order chi connectivity index (χ0) is 14.4. The molecule has 0 spiro atoms. The van der Waals surface area contributed by atoms with E-state index < -0.39 is 0 Å². The zero-order valence-electron chi connectivity index (χ0n) is 13.0. The third-order valence-corrected chi connectivity index (χ3v) is 6.50. The molecule has 0 unspecified atom stereocenters. The van der Waals surface area contributed by atoms with Gasteiger partial charge < -0.3 is 4.90 Å². The Kier molecular flexibility index (Phi) is 3.28. The van der Waals surface area contributed by atoms with Gasteiger partial charge in [0.25, 0.3) is 0 Å². The van der Waals surface area contributed by atoms with E-state index in [9.17, 15) is 4.79 Å². The molecule has 0 aromatic rings. The Bertz CT molecular complexity index is 435. The predicted molar refractivity (Wildman–Crippen MR) is 83.4 cm³/mol. The molecular formula is C19H27NO. The lowest BCUT2D eigenvalue weighted by atomic mass is 9.49. The lowest BCUT2D eigenvalue weighted by Gasteiger charge is -2.57. The van der Waals surface area contributed by atoms with Crippen molar-refractivity contribution in [1.29, 1.82) is 0 Å². The van der Waals surface area contributed by atoms with Crippen molar-refractivity contribution < 1.29 is 4.79 Å². The van der Waals surface area contributed by atoms with Gasteiger partial charge in [0.05, 0.1) is 6.54 Å². The van der Waals surface area contributed by atoms with Crippen LogP contribution in [0, 0.1) is 41.4 Å². The molecule has 2 nitrogen and oxygen atoms in total. The second-order valence-electron chi connectivity index (χ2n) is 8.52. The van der Waals surface area contributed by atoms with Crippen LogP contribution in [-0.2, 0) is 4.79 Å². The lowest BCUT2D eigenvalue weighted by Crippen LogP contribution is -2.48. The third-order valence-electron chi connectivity index (χ3n) is 6.50. The van der Waals surface area contributed by atoms with Crippen LogP contribution in [0.4, 0.5) is 0 Å². The van der Waals surface area contributed by atoms with Crippen molar-refractivity contribution in [2.75, 3.05) is 13.1 Å². The van der Waals surface area contributed by atoms with Gasteiger partial charge in [0.1, 0.15) is 0 Å². The molecule has 0 aliphatic heterocycles. The second-order valence-corrected chi connectivity index (χ2v) is 8.52. The average Bonchev–Trinajstić information content (AvgIpc) is 3.20. The minimum absolute atomic E-state index is 0.349. The maximum Gasteiger partial charge on any atom is 0.223 e. The first kappa shape index (κ1) is 13.7. The second kappa shape index (κ2) is 5.04. The number of carbonyl (C=O) groups is 1. The summed E-state index contributed by atoms with van der Waals surface area (Å²) in [5.74, 6) is 6.55. The third kappa shape index (κ3) is 2.72. The number of nitrogens with zero attached hydrogens (tertiary/aromatic N) is 1. The van der Waals surface area contributed by atoms with E-state index in [1.54, 1.807) is 0 Å². The highest BCUT2D eigenvalue weighted by Crippen LogP contribution is 2.61. The Morgan fingerprint density at radius 1 is 1.10 bits per heavy atom. The van der Waals surface area contributed by atoms with Crippen molar-refractivity contribution in [3.05, 3.63) is 0 Å². The van der Waals surface area contributed by atoms with Gasteiger partial charge in [0, 0.05) is 13.0 Å². The van der Waals surface area contributed by atoms with Crippen molar-refractivity contribution in [2.24, 2.45) is 29.1 Å². The molecule has 1 amide bonds. The van der Waals surface area contributed by atoms with E-state index >= 15 is 0 Å². The molecule has 0 N–H and O–H groups in total. The molecule has 0 radical (unpaired) electrons. The minimum Gasteiger partial charge on any atom is -0.331 e. The predicted octanol–water partition coefficient (Wildman–Crippen LogP) is 3.46. The highest BCUT2D eigenvalue weighted by molar-refractivity contribution is 5.77. The quantitative estimate of drug-likeness (QED) is 0.708. The van der Waals surface area contributed by atoms with Crippen molar-refractivity contribution in [3.63, 3.8) is 0 Å². The van der Waals surface area contributed by atoms with Gasteiger partial charge in [-0.05, 0) is 80.5 Å². The summed E-state index contributed by atoms with van der Waals surface area (Å²) in [6.07, 6.45) is 17.1. The van der Waals surface area contributed by atoms with Gasteiger partial charge in [0.2, 0.25) is 5.91 Å². The molecule has 5 rings (SSSR count). The van der Waals surface area contributed by atoms with Crippen LogP contribution in [0.25, 0.3) is 0 Å². The number of hydrogen-bond donors (Lipinski definition) is 0. The fraction of sp³-hybridized carbons (Fsp3) is 0.842. The fourth-order valence-corrected chi connectivity index (χ4v) is 5.92. The number of hydrogen-bond acceptors (Lipinski definition) is 1. The molecule has 0 aromatic carbocycles. The van der Waals surface area contributed by atoms with Crippen LogP contribution in [0.1, 0.15) is 57.8 Å². The molecule has 0 heterocycles. The van der Waals surface area contributed by atoms with E-state index in [1.807, 2.05) is 4.90 Å². The molecule has 114 valence electrons. The van der Waals surface area contributed by atoms with Crippen LogP contribution in [-0.4, -0.2) is 23.9 Å². The van der Waals surface area contributed by atoms with E-state index in [-0.39, 0.29) is 0 Å². The molecule has 0 aromatic heterocycles. The van der Waals surface area contributed by atoms with Crippen molar-refractivity contribution >= 4 is 5.91 Å². The van der Waals surface area contributed by atoms with E-state index in [1.165, 1.54) is 51.4 Å². The van der Waals surface area contributed by atoms with Gasteiger partial charge in [-0.2, -0.15) is 0 Å². The first-order valence-corrected chi connectivity index (χ1v) is 8.87. The Hall–Kier alpha value is -0.970. The van der Waals surface area contributed by atoms with Crippen LogP contribution in [0.3, 0.4) is 0 Å². The smallest absolute Gasteiger partial charge is 0.223 e. The van der Waals surface area contributed by atoms with Gasteiger partial charge in [-0.3, -0.25) is 4.79 Å². The standard InChI is InChI=1S/C19H27NO/c1-2-5-20(13-14-3-4-14)18(21)12-19-9-15-6-16(10-19)8-17(7-15)11-19/h1,14-17H,3-13H2. The highest BCUT2D eigenvalue weighted by Gasteiger charge is 2.51. The number of terminal acetylenes is 1. The Morgan fingerprint density at radius 3 is 2.14 bits per heavy atom. The number of carbonyl (C=O) groups excluding carboxylic acids is 1. The zero-order valence-corrected chi connectivity index (χ0v) is 13.0. The summed E-state index contributed by atoms with van der Waals surface area (Å²) in [6, 6.07) is 0. The SMILES string of the molecule is C#CCN(CC1CC1)C(=O)CC12CC3CC(CC(C3)C1)C2. The number of rotatable bonds is 5. The van der Waals surface area contributed by atoms with Crippen LogP contribution in [0.5, 0.6) is 0 Å². The highest BCUT2D eigenvalue weighted by atomic mass is 16.2. The summed E-state index contributed by atoms with van der Waals surface area (Å²) < 4.78 is 0. The average molecular weight is 285 g/mol. The van der Waals surface area contributed by atoms with E-state index in [4.69, 9.17) is 6.42 Å². The molecular weight excluding hydrogens is 258 g/mol. The first-order chi connectivity index (χ1) is 10.2. The van der Waals surface area contributed by atoms with Gasteiger partial charge in [-0.15, -0.1) is 6.42 Å². The summed E-state index contributed by atoms with van der Waals surface area (Å²) in [6.45, 7) is 1.43. The summed E-state index contributed by atoms with van der Waals surface area (Å²) in [5.41, 5.74) is 0.349. The van der Waals surface area contributed by atoms with E-state index in [2.05, 4.69) is 5.92 Å². The molecule has 2 heteroatoms. The van der Waals surface area contributed by atoms with Crippen LogP contribution >= 0.6 is 0 Å². The monoisotopic (exact) mass is 285 g/mol. The molecule has 21 heavy (non-hydrogen) atoms. The normalized spacial score (nSPS) is 40.0. The Morgan fingerprint density at radius 2 is 1.67 bits per heavy atom. The Balaban J connectivity index is 1.44. The van der Waals surface area contributed by atoms with Gasteiger partial charge in [0.15, 0.2) is 0 Å². The largest absolute Gasteiger partial charge is 0.331 e. The van der Waals surface area contributed by atoms with E-state index in [0.29, 0.717) is 17.9 Å². The summed E-state index contributed by atoms with van der Waals surface area (Å²) in [5, 5.41) is 0. The van der Waals surface area contributed by atoms with Gasteiger partial charge in [-0.1, -0.05) is 5.92 Å². The van der Waals surface area contributed by atoms with Crippen molar-refractivity contribution in [3.8, 4) is 12.3 Å². The maximum absolute atomic E-state index is 12.8. The first-order valence-electron chi connectivity index (χ1n) is 8.87. The topological polar surface area (TPSA) is 20.3 Å². The van der Waals surface area contributed by atoms with Crippen molar-refractivity contribution in [2.45, 2.75) is 57.8 Å². The Labute approximate surface area is 128 Å². The van der Waals surface area contributed by atoms with Crippen LogP contribution in [0.2, 0.25) is 0 Å². The molecule has 5 fully saturated rings. The van der Waals surface area contributed by atoms with Gasteiger partial charge in [-0.25, -0.2) is 0 Å². The molecule has 0 atom stereocenters. The molecule has 4 bridgehead atoms. The van der Waals surface area contributed by atoms with Crippen LogP contribution in [0.15, 0.2) is 0 Å².